The van der Waals surface area contributed by atoms with E-state index in [1.807, 2.05) is 23.6 Å². The van der Waals surface area contributed by atoms with Crippen LogP contribution in [0.4, 0.5) is 0 Å². The van der Waals surface area contributed by atoms with Gasteiger partial charge in [0.05, 0.1) is 11.9 Å². The largest absolute Gasteiger partial charge is 0.396 e. The van der Waals surface area contributed by atoms with Crippen molar-refractivity contribution in [2.24, 2.45) is 0 Å². The number of piperazine rings is 1. The van der Waals surface area contributed by atoms with Crippen LogP contribution in [-0.4, -0.2) is 57.4 Å². The molecule has 4 rings (SSSR count). The summed E-state index contributed by atoms with van der Waals surface area (Å²) in [5.74, 6) is 0. The van der Waals surface area contributed by atoms with E-state index in [1.54, 1.807) is 0 Å². The molecule has 0 spiro atoms. The summed E-state index contributed by atoms with van der Waals surface area (Å²) < 4.78 is 0. The van der Waals surface area contributed by atoms with E-state index in [2.05, 4.69) is 61.8 Å². The molecule has 1 aliphatic rings. The van der Waals surface area contributed by atoms with Gasteiger partial charge < -0.3 is 5.11 Å². The molecule has 3 aromatic rings. The molecule has 0 bridgehead atoms. The van der Waals surface area contributed by atoms with Crippen LogP contribution in [0.15, 0.2) is 54.0 Å². The number of nitrogens with one attached hydrogen (secondary N) is 1. The molecule has 142 valence electrons. The number of aliphatic hydroxyl groups is 1. The number of rotatable bonds is 7. The Morgan fingerprint density at radius 3 is 2.78 bits per heavy atom. The molecule has 0 aliphatic carbocycles. The minimum Gasteiger partial charge on any atom is -0.396 e. The molecule has 5 nitrogen and oxygen atoms in total. The van der Waals surface area contributed by atoms with E-state index in [0.717, 1.165) is 44.8 Å². The van der Waals surface area contributed by atoms with Crippen molar-refractivity contribution in [3.05, 3.63) is 64.5 Å². The summed E-state index contributed by atoms with van der Waals surface area (Å²) in [6, 6.07) is 15.1. The van der Waals surface area contributed by atoms with E-state index in [1.165, 1.54) is 16.0 Å². The van der Waals surface area contributed by atoms with Gasteiger partial charge in [0.25, 0.3) is 0 Å². The van der Waals surface area contributed by atoms with Crippen molar-refractivity contribution in [3.8, 4) is 11.3 Å². The van der Waals surface area contributed by atoms with Crippen molar-refractivity contribution >= 4 is 11.3 Å². The summed E-state index contributed by atoms with van der Waals surface area (Å²) in [5.41, 5.74) is 3.51. The lowest BCUT2D eigenvalue weighted by atomic mass is 10.1. The normalized spacial score (nSPS) is 18.8. The zero-order chi connectivity index (χ0) is 18.5. The van der Waals surface area contributed by atoms with Crippen LogP contribution in [0.25, 0.3) is 11.3 Å². The van der Waals surface area contributed by atoms with Gasteiger partial charge >= 0.3 is 0 Å². The molecule has 1 saturated heterocycles. The van der Waals surface area contributed by atoms with Crippen molar-refractivity contribution < 1.29 is 5.11 Å². The fourth-order valence-corrected chi connectivity index (χ4v) is 4.59. The maximum Gasteiger partial charge on any atom is 0.0695 e. The summed E-state index contributed by atoms with van der Waals surface area (Å²) in [5, 5.41) is 19.1. The van der Waals surface area contributed by atoms with Crippen molar-refractivity contribution in [2.45, 2.75) is 25.6 Å². The Labute approximate surface area is 164 Å². The maximum absolute atomic E-state index is 9.54. The molecule has 1 aromatic carbocycles. The number of H-pyrrole nitrogens is 1. The Balaban J connectivity index is 1.43. The van der Waals surface area contributed by atoms with Gasteiger partial charge in [0.15, 0.2) is 0 Å². The number of aliphatic hydroxyl groups excluding tert-OH is 1. The molecule has 1 aliphatic heterocycles. The summed E-state index contributed by atoms with van der Waals surface area (Å²) in [4.78, 5) is 6.40. The summed E-state index contributed by atoms with van der Waals surface area (Å²) in [6.45, 7) is 5.15. The molecule has 0 amide bonds. The van der Waals surface area contributed by atoms with E-state index in [4.69, 9.17) is 0 Å². The molecule has 1 fully saturated rings. The molecule has 3 heterocycles. The first-order valence-corrected chi connectivity index (χ1v) is 10.4. The van der Waals surface area contributed by atoms with Crippen molar-refractivity contribution in [1.82, 2.24) is 20.0 Å². The van der Waals surface area contributed by atoms with Crippen molar-refractivity contribution in [2.75, 3.05) is 26.2 Å². The van der Waals surface area contributed by atoms with Crippen LogP contribution >= 0.6 is 11.3 Å². The topological polar surface area (TPSA) is 55.4 Å². The zero-order valence-electron chi connectivity index (χ0n) is 15.4. The highest BCUT2D eigenvalue weighted by Crippen LogP contribution is 2.24. The number of nitrogens with zero attached hydrogens (tertiary/aromatic N) is 3. The Morgan fingerprint density at radius 2 is 2.00 bits per heavy atom. The van der Waals surface area contributed by atoms with Crippen LogP contribution in [-0.2, 0) is 13.1 Å². The second kappa shape index (κ2) is 8.80. The van der Waals surface area contributed by atoms with Gasteiger partial charge in [-0.3, -0.25) is 14.9 Å². The quantitative estimate of drug-likeness (QED) is 0.659. The fraction of sp³-hybridized carbons (Fsp3) is 0.381. The monoisotopic (exact) mass is 382 g/mol. The molecule has 1 atom stereocenters. The van der Waals surface area contributed by atoms with E-state index in [9.17, 15) is 5.11 Å². The van der Waals surface area contributed by atoms with Crippen LogP contribution in [0.2, 0.25) is 0 Å². The lowest BCUT2D eigenvalue weighted by Crippen LogP contribution is -2.52. The number of aromatic amines is 1. The molecular weight excluding hydrogens is 356 g/mol. The Kier molecular flexibility index (Phi) is 5.99. The molecule has 2 aromatic heterocycles. The van der Waals surface area contributed by atoms with Crippen LogP contribution < -0.4 is 0 Å². The van der Waals surface area contributed by atoms with Crippen molar-refractivity contribution in [3.63, 3.8) is 0 Å². The molecule has 2 N–H and O–H groups in total. The highest BCUT2D eigenvalue weighted by molar-refractivity contribution is 7.09. The second-order valence-electron chi connectivity index (χ2n) is 7.09. The summed E-state index contributed by atoms with van der Waals surface area (Å²) in [6.07, 6.45) is 2.76. The standard InChI is InChI=1S/C21H26N4OS/c26-11-8-19-15-24(9-10-25(19)16-20-7-4-12-27-20)14-18-13-22-23-21(18)17-5-2-1-3-6-17/h1-7,12-13,19,26H,8-11,14-16H2,(H,22,23)/t19-/m1/s1. The van der Waals surface area contributed by atoms with Crippen LogP contribution in [0, 0.1) is 0 Å². The third-order valence-electron chi connectivity index (χ3n) is 5.26. The van der Waals surface area contributed by atoms with Gasteiger partial charge in [-0.25, -0.2) is 0 Å². The average Bonchev–Trinajstić information content (AvgIpc) is 3.37. The van der Waals surface area contributed by atoms with E-state index in [0.29, 0.717) is 6.04 Å². The molecule has 0 saturated carbocycles. The Hall–Kier alpha value is -1.99. The maximum atomic E-state index is 9.54. The van der Waals surface area contributed by atoms with Crippen LogP contribution in [0.5, 0.6) is 0 Å². The summed E-state index contributed by atoms with van der Waals surface area (Å²) >= 11 is 1.81. The van der Waals surface area contributed by atoms with Crippen LogP contribution in [0.3, 0.4) is 0 Å². The smallest absolute Gasteiger partial charge is 0.0695 e. The van der Waals surface area contributed by atoms with Gasteiger partial charge in [-0.05, 0) is 23.4 Å². The lowest BCUT2D eigenvalue weighted by molar-refractivity contribution is 0.0507. The predicted molar refractivity (Wildman–Crippen MR) is 110 cm³/mol. The second-order valence-corrected chi connectivity index (χ2v) is 8.12. The number of aromatic nitrogens is 2. The first-order valence-electron chi connectivity index (χ1n) is 9.51. The lowest BCUT2D eigenvalue weighted by Gasteiger charge is -2.41. The number of hydrogen-bond acceptors (Lipinski definition) is 5. The highest BCUT2D eigenvalue weighted by atomic mass is 32.1. The third-order valence-corrected chi connectivity index (χ3v) is 6.13. The van der Waals surface area contributed by atoms with Gasteiger partial charge in [-0.15, -0.1) is 11.3 Å². The van der Waals surface area contributed by atoms with Gasteiger partial charge in [-0.2, -0.15) is 5.10 Å². The first kappa shape index (κ1) is 18.4. The number of thiophene rings is 1. The predicted octanol–water partition coefficient (Wildman–Crippen LogP) is 3.21. The summed E-state index contributed by atoms with van der Waals surface area (Å²) in [7, 11) is 0. The van der Waals surface area contributed by atoms with Crippen molar-refractivity contribution in [1.29, 1.82) is 0 Å². The fourth-order valence-electron chi connectivity index (χ4n) is 3.86. The van der Waals surface area contributed by atoms with Gasteiger partial charge in [0, 0.05) is 55.8 Å². The SMILES string of the molecule is OCC[C@@H]1CN(Cc2cn[nH]c2-c2ccccc2)CCN1Cc1cccs1. The zero-order valence-corrected chi connectivity index (χ0v) is 16.2. The first-order chi connectivity index (χ1) is 13.3. The van der Waals surface area contributed by atoms with Gasteiger partial charge in [0.1, 0.15) is 0 Å². The average molecular weight is 383 g/mol. The number of benzene rings is 1. The minimum absolute atomic E-state index is 0.237. The molecular formula is C21H26N4OS. The molecule has 0 radical (unpaired) electrons. The Bertz CT molecular complexity index is 818. The molecule has 27 heavy (non-hydrogen) atoms. The minimum atomic E-state index is 0.237. The van der Waals surface area contributed by atoms with Gasteiger partial charge in [-0.1, -0.05) is 36.4 Å². The highest BCUT2D eigenvalue weighted by Gasteiger charge is 2.27. The van der Waals surface area contributed by atoms with E-state index in [-0.39, 0.29) is 6.61 Å². The molecule has 0 unspecified atom stereocenters. The Morgan fingerprint density at radius 1 is 1.11 bits per heavy atom. The van der Waals surface area contributed by atoms with Gasteiger partial charge in [0.2, 0.25) is 0 Å². The molecule has 6 heteroatoms. The third kappa shape index (κ3) is 4.47. The van der Waals surface area contributed by atoms with E-state index < -0.39 is 0 Å². The number of hydrogen-bond donors (Lipinski definition) is 2. The van der Waals surface area contributed by atoms with E-state index >= 15 is 0 Å². The van der Waals surface area contributed by atoms with Crippen LogP contribution in [0.1, 0.15) is 16.9 Å².